The highest BCUT2D eigenvalue weighted by Crippen LogP contribution is 2.25. The van der Waals surface area contributed by atoms with Gasteiger partial charge in [0, 0.05) is 5.56 Å². The van der Waals surface area contributed by atoms with Crippen LogP contribution in [-0.2, 0) is 4.79 Å². The van der Waals surface area contributed by atoms with Crippen LogP contribution >= 0.6 is 28.1 Å². The Hall–Kier alpha value is -2.45. The fourth-order valence-electron chi connectivity index (χ4n) is 2.07. The van der Waals surface area contributed by atoms with Crippen molar-refractivity contribution in [1.29, 1.82) is 0 Å². The standard InChI is InChI=1S/C18H18BrN3O3S/c1-11-7-8-15(14(19)9-11)25-10-16(23)20-18(26)22-21-17(24)13-6-4-3-5-12(13)2/h3-9H,10H2,1-2H3,(H,21,24)(H2,20,22,23,26). The van der Waals surface area contributed by atoms with E-state index in [-0.39, 0.29) is 17.6 Å². The van der Waals surface area contributed by atoms with Gasteiger partial charge in [0.15, 0.2) is 11.7 Å². The molecule has 0 unspecified atom stereocenters. The summed E-state index contributed by atoms with van der Waals surface area (Å²) in [5.74, 6) is -0.239. The van der Waals surface area contributed by atoms with Crippen molar-refractivity contribution in [2.45, 2.75) is 13.8 Å². The molecule has 136 valence electrons. The first-order valence-corrected chi connectivity index (χ1v) is 8.91. The number of hydrogen-bond donors (Lipinski definition) is 3. The van der Waals surface area contributed by atoms with Gasteiger partial charge in [-0.1, -0.05) is 24.3 Å². The van der Waals surface area contributed by atoms with Gasteiger partial charge in [-0.2, -0.15) is 0 Å². The van der Waals surface area contributed by atoms with Crippen LogP contribution in [0.3, 0.4) is 0 Å². The van der Waals surface area contributed by atoms with Crippen molar-refractivity contribution in [2.75, 3.05) is 6.61 Å². The third-order valence-corrected chi connectivity index (χ3v) is 4.20. The van der Waals surface area contributed by atoms with E-state index in [0.29, 0.717) is 11.3 Å². The molecule has 3 N–H and O–H groups in total. The molecule has 0 aliphatic rings. The minimum Gasteiger partial charge on any atom is -0.483 e. The number of hydrazine groups is 1. The predicted molar refractivity (Wildman–Crippen MR) is 107 cm³/mol. The highest BCUT2D eigenvalue weighted by molar-refractivity contribution is 9.10. The fraction of sp³-hybridized carbons (Fsp3) is 0.167. The molecule has 2 aromatic rings. The van der Waals surface area contributed by atoms with Crippen molar-refractivity contribution in [3.05, 3.63) is 63.6 Å². The lowest BCUT2D eigenvalue weighted by Crippen LogP contribution is -2.49. The molecule has 2 aromatic carbocycles. The van der Waals surface area contributed by atoms with E-state index in [0.717, 1.165) is 15.6 Å². The molecule has 26 heavy (non-hydrogen) atoms. The van der Waals surface area contributed by atoms with Crippen LogP contribution < -0.4 is 20.9 Å². The number of aryl methyl sites for hydroxylation is 2. The molecular weight excluding hydrogens is 418 g/mol. The van der Waals surface area contributed by atoms with E-state index in [1.807, 2.05) is 38.1 Å². The number of halogens is 1. The molecule has 0 heterocycles. The van der Waals surface area contributed by atoms with E-state index in [9.17, 15) is 9.59 Å². The average Bonchev–Trinajstić information content (AvgIpc) is 2.59. The second-order valence-corrected chi connectivity index (χ2v) is 6.76. The topological polar surface area (TPSA) is 79.5 Å². The molecule has 2 amide bonds. The summed E-state index contributed by atoms with van der Waals surface area (Å²) in [5, 5.41) is 2.40. The van der Waals surface area contributed by atoms with Crippen molar-refractivity contribution in [2.24, 2.45) is 0 Å². The van der Waals surface area contributed by atoms with Crippen LogP contribution in [0, 0.1) is 13.8 Å². The van der Waals surface area contributed by atoms with Crippen LogP contribution in [0.25, 0.3) is 0 Å². The Balaban J connectivity index is 1.77. The third kappa shape index (κ3) is 5.82. The second kappa shape index (κ2) is 9.30. The number of nitrogens with one attached hydrogen (secondary N) is 3. The number of carbonyl (C=O) groups is 2. The molecule has 0 radical (unpaired) electrons. The summed E-state index contributed by atoms with van der Waals surface area (Å²) in [6.45, 7) is 3.57. The summed E-state index contributed by atoms with van der Waals surface area (Å²) in [6, 6.07) is 12.7. The Kier molecular flexibility index (Phi) is 7.11. The summed E-state index contributed by atoms with van der Waals surface area (Å²) in [5.41, 5.74) is 7.35. The summed E-state index contributed by atoms with van der Waals surface area (Å²) in [6.07, 6.45) is 0. The van der Waals surface area contributed by atoms with Gasteiger partial charge >= 0.3 is 0 Å². The van der Waals surface area contributed by atoms with Gasteiger partial charge in [-0.3, -0.25) is 25.8 Å². The van der Waals surface area contributed by atoms with Gasteiger partial charge in [0.1, 0.15) is 5.75 Å². The summed E-state index contributed by atoms with van der Waals surface area (Å²) >= 11 is 8.36. The molecule has 0 aliphatic carbocycles. The minimum absolute atomic E-state index is 0.0245. The summed E-state index contributed by atoms with van der Waals surface area (Å²) < 4.78 is 6.19. The Bertz CT molecular complexity index is 842. The lowest BCUT2D eigenvalue weighted by Gasteiger charge is -2.12. The SMILES string of the molecule is Cc1ccc(OCC(=O)NC(=S)NNC(=O)c2ccccc2C)c(Br)c1. The van der Waals surface area contributed by atoms with Crippen LogP contribution in [0.15, 0.2) is 46.9 Å². The number of amides is 2. The highest BCUT2D eigenvalue weighted by Gasteiger charge is 2.10. The molecule has 0 bridgehead atoms. The Morgan fingerprint density at radius 1 is 1.12 bits per heavy atom. The zero-order valence-electron chi connectivity index (χ0n) is 14.3. The van der Waals surface area contributed by atoms with Crippen LogP contribution in [-0.4, -0.2) is 23.5 Å². The Morgan fingerprint density at radius 2 is 1.85 bits per heavy atom. The van der Waals surface area contributed by atoms with Gasteiger partial charge in [-0.25, -0.2) is 0 Å². The molecule has 2 rings (SSSR count). The van der Waals surface area contributed by atoms with Gasteiger partial charge in [-0.05, 0) is 71.3 Å². The van der Waals surface area contributed by atoms with Crippen molar-refractivity contribution in [3.8, 4) is 5.75 Å². The number of thiocarbonyl (C=S) groups is 1. The average molecular weight is 436 g/mol. The summed E-state index contributed by atoms with van der Waals surface area (Å²) in [4.78, 5) is 23.9. The van der Waals surface area contributed by atoms with Crippen molar-refractivity contribution < 1.29 is 14.3 Å². The third-order valence-electron chi connectivity index (χ3n) is 3.38. The summed E-state index contributed by atoms with van der Waals surface area (Å²) in [7, 11) is 0. The van der Waals surface area contributed by atoms with Gasteiger partial charge in [0.2, 0.25) is 0 Å². The maximum absolute atomic E-state index is 12.1. The lowest BCUT2D eigenvalue weighted by molar-refractivity contribution is -0.121. The van der Waals surface area contributed by atoms with Crippen molar-refractivity contribution >= 4 is 45.1 Å². The van der Waals surface area contributed by atoms with Gasteiger partial charge in [0.05, 0.1) is 4.47 Å². The number of hydrogen-bond acceptors (Lipinski definition) is 4. The molecule has 0 saturated heterocycles. The van der Waals surface area contributed by atoms with Crippen LogP contribution in [0.1, 0.15) is 21.5 Å². The number of carbonyl (C=O) groups excluding carboxylic acids is 2. The molecule has 0 saturated carbocycles. The molecule has 0 spiro atoms. The van der Waals surface area contributed by atoms with Crippen LogP contribution in [0.5, 0.6) is 5.75 Å². The van der Waals surface area contributed by atoms with Crippen LogP contribution in [0.4, 0.5) is 0 Å². The van der Waals surface area contributed by atoms with Gasteiger partial charge in [-0.15, -0.1) is 0 Å². The van der Waals surface area contributed by atoms with Gasteiger partial charge < -0.3 is 4.74 Å². The van der Waals surface area contributed by atoms with Crippen molar-refractivity contribution in [1.82, 2.24) is 16.2 Å². The zero-order chi connectivity index (χ0) is 19.1. The molecule has 0 fully saturated rings. The molecule has 0 atom stereocenters. The molecule has 0 aliphatic heterocycles. The first kappa shape index (κ1) is 19.9. The molecule has 6 nitrogen and oxygen atoms in total. The fourth-order valence-corrected chi connectivity index (χ4v) is 2.84. The Morgan fingerprint density at radius 3 is 2.54 bits per heavy atom. The van der Waals surface area contributed by atoms with E-state index in [1.54, 1.807) is 18.2 Å². The number of rotatable bonds is 4. The predicted octanol–water partition coefficient (Wildman–Crippen LogP) is 2.78. The molecular formula is C18H18BrN3O3S. The smallest absolute Gasteiger partial charge is 0.269 e. The van der Waals surface area contributed by atoms with E-state index in [4.69, 9.17) is 17.0 Å². The van der Waals surface area contributed by atoms with E-state index in [1.165, 1.54) is 0 Å². The maximum Gasteiger partial charge on any atom is 0.269 e. The minimum atomic E-state index is -0.444. The highest BCUT2D eigenvalue weighted by atomic mass is 79.9. The van der Waals surface area contributed by atoms with Crippen LogP contribution in [0.2, 0.25) is 0 Å². The lowest BCUT2D eigenvalue weighted by atomic mass is 10.1. The number of benzene rings is 2. The molecule has 0 aromatic heterocycles. The monoisotopic (exact) mass is 435 g/mol. The number of ether oxygens (including phenoxy) is 1. The van der Waals surface area contributed by atoms with E-state index >= 15 is 0 Å². The van der Waals surface area contributed by atoms with Crippen molar-refractivity contribution in [3.63, 3.8) is 0 Å². The normalized spacial score (nSPS) is 9.96. The van der Waals surface area contributed by atoms with E-state index in [2.05, 4.69) is 32.1 Å². The molecule has 8 heteroatoms. The first-order valence-electron chi connectivity index (χ1n) is 7.71. The largest absolute Gasteiger partial charge is 0.483 e. The van der Waals surface area contributed by atoms with Gasteiger partial charge in [0.25, 0.3) is 11.8 Å². The zero-order valence-corrected chi connectivity index (χ0v) is 16.7. The van der Waals surface area contributed by atoms with E-state index < -0.39 is 5.91 Å². The Labute approximate surface area is 165 Å². The first-order chi connectivity index (χ1) is 12.4. The maximum atomic E-state index is 12.1. The quantitative estimate of drug-likeness (QED) is 0.508. The second-order valence-electron chi connectivity index (χ2n) is 5.49.